The second-order valence-corrected chi connectivity index (χ2v) is 5.82. The maximum Gasteiger partial charge on any atom is 0.224 e. The number of carbonyl (C=O) groups excluding carboxylic acids is 1. The molecule has 2 rings (SSSR count). The van der Waals surface area contributed by atoms with Gasteiger partial charge in [0.15, 0.2) is 0 Å². The lowest BCUT2D eigenvalue weighted by Gasteiger charge is -2.19. The van der Waals surface area contributed by atoms with Crippen LogP contribution in [0.5, 0.6) is 0 Å². The molecule has 0 radical (unpaired) electrons. The van der Waals surface area contributed by atoms with E-state index in [4.69, 9.17) is 29.6 Å². The summed E-state index contributed by atoms with van der Waals surface area (Å²) >= 11 is 10.9. The van der Waals surface area contributed by atoms with E-state index in [0.29, 0.717) is 16.4 Å². The number of nitrogens with two attached hydrogens (primary N) is 1. The normalized spacial score (nSPS) is 22.2. The minimum atomic E-state index is 0.00970. The molecule has 0 heterocycles. The van der Waals surface area contributed by atoms with Crippen molar-refractivity contribution < 1.29 is 4.79 Å². The quantitative estimate of drug-likeness (QED) is 0.839. The number of amides is 1. The van der Waals surface area contributed by atoms with Crippen molar-refractivity contribution in [3.8, 4) is 0 Å². The summed E-state index contributed by atoms with van der Waals surface area (Å²) in [5, 5.41) is 3.71. The van der Waals surface area contributed by atoms with Crippen LogP contribution in [0.4, 0.5) is 0 Å². The van der Waals surface area contributed by atoms with E-state index >= 15 is 0 Å². The molecule has 1 amide bonds. The number of nitrogens with one attached hydrogen (secondary N) is 1. The number of hydrogen-bond acceptors (Lipinski definition) is 2. The molecule has 1 fully saturated rings. The fraction of sp³-hybridized carbons (Fsp3) is 0.429. The fourth-order valence-electron chi connectivity index (χ4n) is 2.52. The van der Waals surface area contributed by atoms with Crippen LogP contribution in [0.3, 0.4) is 0 Å². The minimum Gasteiger partial charge on any atom is -0.393 e. The van der Waals surface area contributed by atoms with Gasteiger partial charge < -0.3 is 11.1 Å². The largest absolute Gasteiger partial charge is 0.393 e. The summed E-state index contributed by atoms with van der Waals surface area (Å²) in [7, 11) is 0. The zero-order valence-corrected chi connectivity index (χ0v) is 12.1. The molecular formula is C14H17ClN2OS. The third-order valence-corrected chi connectivity index (χ3v) is 4.06. The highest BCUT2D eigenvalue weighted by molar-refractivity contribution is 7.80. The third kappa shape index (κ3) is 3.91. The van der Waals surface area contributed by atoms with Crippen molar-refractivity contribution in [1.82, 2.24) is 5.32 Å². The Morgan fingerprint density at radius 2 is 2.05 bits per heavy atom. The Kier molecular flexibility index (Phi) is 4.77. The first-order chi connectivity index (χ1) is 9.06. The molecule has 102 valence electrons. The molecule has 3 nitrogen and oxygen atoms in total. The van der Waals surface area contributed by atoms with Gasteiger partial charge in [-0.15, -0.1) is 0 Å². The highest BCUT2D eigenvalue weighted by atomic mass is 35.5. The van der Waals surface area contributed by atoms with E-state index in [1.54, 1.807) is 12.1 Å². The molecule has 5 heteroatoms. The molecule has 19 heavy (non-hydrogen) atoms. The van der Waals surface area contributed by atoms with Gasteiger partial charge in [0.05, 0.1) is 11.4 Å². The van der Waals surface area contributed by atoms with E-state index in [1.165, 1.54) is 0 Å². The van der Waals surface area contributed by atoms with Gasteiger partial charge in [0.2, 0.25) is 5.91 Å². The second-order valence-electron chi connectivity index (χ2n) is 4.92. The van der Waals surface area contributed by atoms with Gasteiger partial charge in [-0.3, -0.25) is 4.79 Å². The van der Waals surface area contributed by atoms with E-state index in [1.807, 2.05) is 12.1 Å². The molecule has 2 atom stereocenters. The van der Waals surface area contributed by atoms with Crippen molar-refractivity contribution in [1.29, 1.82) is 0 Å². The first-order valence-electron chi connectivity index (χ1n) is 6.39. The zero-order chi connectivity index (χ0) is 13.8. The molecule has 0 bridgehead atoms. The Hall–Kier alpha value is -1.13. The van der Waals surface area contributed by atoms with Crippen LogP contribution in [-0.2, 0) is 11.2 Å². The summed E-state index contributed by atoms with van der Waals surface area (Å²) in [5.74, 6) is 0.152. The van der Waals surface area contributed by atoms with Crippen LogP contribution in [0.2, 0.25) is 5.02 Å². The van der Waals surface area contributed by atoms with Crippen molar-refractivity contribution in [3.63, 3.8) is 0 Å². The zero-order valence-electron chi connectivity index (χ0n) is 10.6. The first kappa shape index (κ1) is 14.3. The van der Waals surface area contributed by atoms with Crippen molar-refractivity contribution in [3.05, 3.63) is 34.9 Å². The summed E-state index contributed by atoms with van der Waals surface area (Å²) in [4.78, 5) is 12.5. The molecule has 1 aromatic rings. The van der Waals surface area contributed by atoms with Gasteiger partial charge in [-0.05, 0) is 30.5 Å². The maximum absolute atomic E-state index is 12.0. The molecule has 0 saturated heterocycles. The van der Waals surface area contributed by atoms with Gasteiger partial charge in [0.1, 0.15) is 0 Å². The van der Waals surface area contributed by atoms with Gasteiger partial charge >= 0.3 is 0 Å². The predicted molar refractivity (Wildman–Crippen MR) is 81.2 cm³/mol. The minimum absolute atomic E-state index is 0.00970. The monoisotopic (exact) mass is 296 g/mol. The van der Waals surface area contributed by atoms with Crippen molar-refractivity contribution in [2.75, 3.05) is 0 Å². The number of benzene rings is 1. The second kappa shape index (κ2) is 6.35. The Balaban J connectivity index is 1.90. The van der Waals surface area contributed by atoms with Gasteiger partial charge in [-0.25, -0.2) is 0 Å². The smallest absolute Gasteiger partial charge is 0.224 e. The van der Waals surface area contributed by atoms with Crippen LogP contribution in [-0.4, -0.2) is 16.9 Å². The van der Waals surface area contributed by atoms with Crippen LogP contribution < -0.4 is 11.1 Å². The van der Waals surface area contributed by atoms with E-state index in [0.717, 1.165) is 24.8 Å². The van der Waals surface area contributed by atoms with Gasteiger partial charge in [0, 0.05) is 17.0 Å². The van der Waals surface area contributed by atoms with E-state index < -0.39 is 0 Å². The summed E-state index contributed by atoms with van der Waals surface area (Å²) in [6, 6.07) is 7.40. The highest BCUT2D eigenvalue weighted by Gasteiger charge is 2.30. The molecule has 0 aliphatic heterocycles. The van der Waals surface area contributed by atoms with Gasteiger partial charge in [-0.2, -0.15) is 0 Å². The topological polar surface area (TPSA) is 55.1 Å². The van der Waals surface area contributed by atoms with Crippen molar-refractivity contribution in [2.45, 2.75) is 31.7 Å². The summed E-state index contributed by atoms with van der Waals surface area (Å²) in [6.07, 6.45) is 3.35. The van der Waals surface area contributed by atoms with Crippen LogP contribution >= 0.6 is 23.8 Å². The summed E-state index contributed by atoms with van der Waals surface area (Å²) in [6.45, 7) is 0. The Morgan fingerprint density at radius 1 is 1.37 bits per heavy atom. The van der Waals surface area contributed by atoms with Crippen LogP contribution in [0.15, 0.2) is 24.3 Å². The highest BCUT2D eigenvalue weighted by Crippen LogP contribution is 2.26. The van der Waals surface area contributed by atoms with Crippen molar-refractivity contribution >= 4 is 34.7 Å². The number of carbonyl (C=O) groups is 1. The SMILES string of the molecule is NC(=S)C1CCCC1NC(=O)Cc1ccc(Cl)cc1. The molecule has 0 spiro atoms. The molecule has 1 aliphatic rings. The number of rotatable bonds is 4. The van der Waals surface area contributed by atoms with E-state index in [9.17, 15) is 4.79 Å². The molecule has 1 aromatic carbocycles. The summed E-state index contributed by atoms with van der Waals surface area (Å²) < 4.78 is 0. The number of halogens is 1. The number of thiocarbonyl (C=S) groups is 1. The molecule has 2 unspecified atom stereocenters. The van der Waals surface area contributed by atoms with Crippen LogP contribution in [0.1, 0.15) is 24.8 Å². The fourth-order valence-corrected chi connectivity index (χ4v) is 2.93. The Morgan fingerprint density at radius 3 is 2.68 bits per heavy atom. The standard InChI is InChI=1S/C14H17ClN2OS/c15-10-6-4-9(5-7-10)8-13(18)17-12-3-1-2-11(12)14(16)19/h4-7,11-12H,1-3,8H2,(H2,16,19)(H,17,18). The molecule has 3 N–H and O–H groups in total. The van der Waals surface area contributed by atoms with Gasteiger partial charge in [0.25, 0.3) is 0 Å². The predicted octanol–water partition coefficient (Wildman–Crippen LogP) is 2.45. The Bertz CT molecular complexity index is 475. The molecular weight excluding hydrogens is 280 g/mol. The Labute approximate surface area is 123 Å². The first-order valence-corrected chi connectivity index (χ1v) is 7.18. The maximum atomic E-state index is 12.0. The lowest BCUT2D eigenvalue weighted by atomic mass is 10.0. The van der Waals surface area contributed by atoms with Crippen LogP contribution in [0, 0.1) is 5.92 Å². The van der Waals surface area contributed by atoms with E-state index in [2.05, 4.69) is 5.32 Å². The van der Waals surface area contributed by atoms with Crippen LogP contribution in [0.25, 0.3) is 0 Å². The van der Waals surface area contributed by atoms with Crippen molar-refractivity contribution in [2.24, 2.45) is 11.7 Å². The lowest BCUT2D eigenvalue weighted by molar-refractivity contribution is -0.121. The molecule has 0 aromatic heterocycles. The molecule has 1 saturated carbocycles. The molecule has 1 aliphatic carbocycles. The summed E-state index contributed by atoms with van der Waals surface area (Å²) in [5.41, 5.74) is 6.65. The van der Waals surface area contributed by atoms with E-state index in [-0.39, 0.29) is 17.9 Å². The third-order valence-electron chi connectivity index (χ3n) is 3.51. The average molecular weight is 297 g/mol. The average Bonchev–Trinajstić information content (AvgIpc) is 2.80. The lowest BCUT2D eigenvalue weighted by Crippen LogP contribution is -2.42. The van der Waals surface area contributed by atoms with Gasteiger partial charge in [-0.1, -0.05) is 42.4 Å². The number of hydrogen-bond donors (Lipinski definition) is 2.